The van der Waals surface area contributed by atoms with Gasteiger partial charge in [-0.3, -0.25) is 0 Å². The van der Waals surface area contributed by atoms with Crippen LogP contribution < -0.4 is 4.74 Å². The lowest BCUT2D eigenvalue weighted by atomic mass is 10.2. The van der Waals surface area contributed by atoms with Gasteiger partial charge < -0.3 is 4.74 Å². The number of hydrogen-bond donors (Lipinski definition) is 0. The number of para-hydroxylation sites is 1. The van der Waals surface area contributed by atoms with Crippen LogP contribution in [0.25, 0.3) is 0 Å². The van der Waals surface area contributed by atoms with Gasteiger partial charge in [0.1, 0.15) is 5.75 Å². The van der Waals surface area contributed by atoms with E-state index >= 15 is 0 Å². The van der Waals surface area contributed by atoms with Gasteiger partial charge in [0, 0.05) is 8.41 Å². The fourth-order valence-corrected chi connectivity index (χ4v) is 1.09. The number of aryl methyl sites for hydroxylation is 1. The van der Waals surface area contributed by atoms with Crippen LogP contribution in [-0.2, 0) is 0 Å². The van der Waals surface area contributed by atoms with Crippen molar-refractivity contribution < 1.29 is 4.74 Å². The summed E-state index contributed by atoms with van der Waals surface area (Å²) in [4.78, 5) is 0. The van der Waals surface area contributed by atoms with Crippen molar-refractivity contribution in [2.75, 3.05) is 7.11 Å². The molecule has 0 atom stereocenters. The highest BCUT2D eigenvalue weighted by Crippen LogP contribution is 2.05. The standard InChI is InChI=1S/C7H8O.C7H8.3C2H6.B/c1-8-7-5-3-2-4-6-7;1-7-5-3-2-4-6-7;3*1-2;/h2-6H,1H3;2-6H,1H3;3*1-2H3;. The van der Waals surface area contributed by atoms with Crippen molar-refractivity contribution in [3.8, 4) is 5.75 Å². The fraction of sp³-hybridized carbons (Fsp3) is 0.400. The number of benzene rings is 2. The van der Waals surface area contributed by atoms with E-state index < -0.39 is 0 Å². The summed E-state index contributed by atoms with van der Waals surface area (Å²) in [6.45, 7) is 14.1. The lowest BCUT2D eigenvalue weighted by Gasteiger charge is -1.93. The maximum atomic E-state index is 4.91. The van der Waals surface area contributed by atoms with Crippen molar-refractivity contribution in [3.63, 3.8) is 0 Å². The summed E-state index contributed by atoms with van der Waals surface area (Å²) in [7, 11) is 1.66. The molecule has 0 bridgehead atoms. The average molecular weight is 301 g/mol. The minimum Gasteiger partial charge on any atom is -0.497 e. The Morgan fingerprint density at radius 1 is 0.591 bits per heavy atom. The van der Waals surface area contributed by atoms with Crippen molar-refractivity contribution in [1.29, 1.82) is 0 Å². The molecule has 0 amide bonds. The van der Waals surface area contributed by atoms with Gasteiger partial charge in [0.05, 0.1) is 7.11 Å². The zero-order valence-electron chi connectivity index (χ0n) is 15.8. The summed E-state index contributed by atoms with van der Waals surface area (Å²) in [6.07, 6.45) is 0. The first-order valence-electron chi connectivity index (χ1n) is 7.93. The van der Waals surface area contributed by atoms with Gasteiger partial charge in [0.25, 0.3) is 0 Å². The topological polar surface area (TPSA) is 9.23 Å². The molecule has 2 heteroatoms. The molecule has 2 aromatic carbocycles. The normalized spacial score (nSPS) is 6.73. The molecule has 1 nitrogen and oxygen atoms in total. The molecule has 0 aromatic heterocycles. The molecule has 0 fully saturated rings. The SMILES string of the molecule is CC.CC.CC.COc1ccccc1.Cc1ccccc1.[B]. The van der Waals surface area contributed by atoms with Crippen molar-refractivity contribution >= 4 is 8.41 Å². The van der Waals surface area contributed by atoms with E-state index in [0.717, 1.165) is 5.75 Å². The van der Waals surface area contributed by atoms with Gasteiger partial charge in [-0.1, -0.05) is 95.6 Å². The highest BCUT2D eigenvalue weighted by molar-refractivity contribution is 5.75. The van der Waals surface area contributed by atoms with Crippen LogP contribution in [0.1, 0.15) is 47.1 Å². The van der Waals surface area contributed by atoms with Gasteiger partial charge in [-0.2, -0.15) is 0 Å². The molecule has 0 heterocycles. The van der Waals surface area contributed by atoms with Crippen molar-refractivity contribution in [3.05, 3.63) is 66.2 Å². The molecule has 0 saturated carbocycles. The smallest absolute Gasteiger partial charge is 0.118 e. The van der Waals surface area contributed by atoms with E-state index in [9.17, 15) is 0 Å². The maximum Gasteiger partial charge on any atom is 0.118 e. The molecule has 0 unspecified atom stereocenters. The molecule has 0 N–H and O–H groups in total. The summed E-state index contributed by atoms with van der Waals surface area (Å²) in [5, 5.41) is 0. The number of rotatable bonds is 1. The quantitative estimate of drug-likeness (QED) is 0.555. The summed E-state index contributed by atoms with van der Waals surface area (Å²) >= 11 is 0. The third-order valence-corrected chi connectivity index (χ3v) is 1.92. The summed E-state index contributed by atoms with van der Waals surface area (Å²) in [5.41, 5.74) is 1.32. The molecular weight excluding hydrogens is 267 g/mol. The Hall–Kier alpha value is -1.70. The highest BCUT2D eigenvalue weighted by atomic mass is 16.5. The van der Waals surface area contributed by atoms with E-state index in [1.165, 1.54) is 5.56 Å². The van der Waals surface area contributed by atoms with Crippen molar-refractivity contribution in [1.82, 2.24) is 0 Å². The first kappa shape index (κ1) is 28.5. The van der Waals surface area contributed by atoms with E-state index in [1.54, 1.807) is 7.11 Å². The predicted octanol–water partition coefficient (Wildman–Crippen LogP) is 6.39. The second kappa shape index (κ2) is 27.6. The van der Waals surface area contributed by atoms with Crippen LogP contribution in [0.4, 0.5) is 0 Å². The molecule has 123 valence electrons. The summed E-state index contributed by atoms with van der Waals surface area (Å²) in [5.74, 6) is 0.910. The molecule has 22 heavy (non-hydrogen) atoms. The molecule has 2 rings (SSSR count). The van der Waals surface area contributed by atoms with Gasteiger partial charge in [0.2, 0.25) is 0 Å². The zero-order valence-corrected chi connectivity index (χ0v) is 15.8. The Labute approximate surface area is 141 Å². The number of methoxy groups -OCH3 is 1. The highest BCUT2D eigenvalue weighted by Gasteiger charge is 1.80. The average Bonchev–Trinajstić information content (AvgIpc) is 2.62. The Kier molecular flexibility index (Phi) is 35.7. The predicted molar refractivity (Wildman–Crippen MR) is 104 cm³/mol. The minimum absolute atomic E-state index is 0. The van der Waals surface area contributed by atoms with E-state index in [4.69, 9.17) is 4.74 Å². The fourth-order valence-electron chi connectivity index (χ4n) is 1.09. The van der Waals surface area contributed by atoms with Crippen molar-refractivity contribution in [2.24, 2.45) is 0 Å². The Bertz CT molecular complexity index is 360. The number of ether oxygens (including phenoxy) is 1. The maximum absolute atomic E-state index is 4.91. The van der Waals surface area contributed by atoms with Crippen LogP contribution in [0.5, 0.6) is 5.75 Å². The van der Waals surface area contributed by atoms with E-state index in [1.807, 2.05) is 90.1 Å². The van der Waals surface area contributed by atoms with Gasteiger partial charge >= 0.3 is 0 Å². The zero-order chi connectivity index (χ0) is 16.9. The van der Waals surface area contributed by atoms with E-state index in [-0.39, 0.29) is 8.41 Å². The monoisotopic (exact) mass is 301 g/mol. The Balaban J connectivity index is -0.000000107. The van der Waals surface area contributed by atoms with Crippen LogP contribution in [0.2, 0.25) is 0 Å². The van der Waals surface area contributed by atoms with E-state index in [2.05, 4.69) is 19.1 Å². The van der Waals surface area contributed by atoms with Gasteiger partial charge in [-0.15, -0.1) is 0 Å². The lowest BCUT2D eigenvalue weighted by molar-refractivity contribution is 0.415. The molecule has 0 spiro atoms. The second-order valence-electron chi connectivity index (χ2n) is 3.17. The third kappa shape index (κ3) is 20.6. The molecule has 0 aliphatic carbocycles. The molecule has 0 aliphatic heterocycles. The largest absolute Gasteiger partial charge is 0.497 e. The Morgan fingerprint density at radius 3 is 1.09 bits per heavy atom. The van der Waals surface area contributed by atoms with Gasteiger partial charge in [0.15, 0.2) is 0 Å². The third-order valence-electron chi connectivity index (χ3n) is 1.92. The van der Waals surface area contributed by atoms with Crippen LogP contribution in [0.3, 0.4) is 0 Å². The second-order valence-corrected chi connectivity index (χ2v) is 3.17. The summed E-state index contributed by atoms with van der Waals surface area (Å²) < 4.78 is 4.91. The Morgan fingerprint density at radius 2 is 0.909 bits per heavy atom. The van der Waals surface area contributed by atoms with Gasteiger partial charge in [-0.25, -0.2) is 0 Å². The molecular formula is C20H34BO. The molecule has 0 saturated heterocycles. The van der Waals surface area contributed by atoms with Crippen LogP contribution in [0, 0.1) is 6.92 Å². The minimum atomic E-state index is 0. The number of hydrogen-bond acceptors (Lipinski definition) is 1. The van der Waals surface area contributed by atoms with Crippen LogP contribution in [-0.4, -0.2) is 15.5 Å². The van der Waals surface area contributed by atoms with E-state index in [0.29, 0.717) is 0 Å². The van der Waals surface area contributed by atoms with Crippen molar-refractivity contribution in [2.45, 2.75) is 48.5 Å². The molecule has 2 aromatic rings. The van der Waals surface area contributed by atoms with Crippen LogP contribution in [0.15, 0.2) is 60.7 Å². The van der Waals surface area contributed by atoms with Gasteiger partial charge in [-0.05, 0) is 19.1 Å². The lowest BCUT2D eigenvalue weighted by Crippen LogP contribution is -1.78. The first-order chi connectivity index (χ1) is 10.3. The summed E-state index contributed by atoms with van der Waals surface area (Å²) in [6, 6.07) is 19.9. The van der Waals surface area contributed by atoms with Crippen LogP contribution >= 0.6 is 0 Å². The molecule has 3 radical (unpaired) electrons. The first-order valence-corrected chi connectivity index (χ1v) is 7.93. The molecule has 0 aliphatic rings.